The molecule has 2 aromatic rings. The highest BCUT2D eigenvalue weighted by atomic mass is 32.1. The number of hydrogen-bond acceptors (Lipinski definition) is 7. The molecule has 0 unspecified atom stereocenters. The lowest BCUT2D eigenvalue weighted by molar-refractivity contribution is 0.0848. The summed E-state index contributed by atoms with van der Waals surface area (Å²) in [4.78, 5) is 30.0. The summed E-state index contributed by atoms with van der Waals surface area (Å²) < 4.78 is 16.9. The molecule has 164 valence electrons. The van der Waals surface area contributed by atoms with Crippen LogP contribution in [0.25, 0.3) is 0 Å². The van der Waals surface area contributed by atoms with E-state index in [9.17, 15) is 9.59 Å². The molecule has 2 rings (SSSR count). The number of carbonyl (C=O) groups is 2. The van der Waals surface area contributed by atoms with Gasteiger partial charge in [-0.15, -0.1) is 11.3 Å². The summed E-state index contributed by atoms with van der Waals surface area (Å²) in [7, 11) is 0. The predicted octanol–water partition coefficient (Wildman–Crippen LogP) is 3.85. The maximum atomic E-state index is 12.7. The first kappa shape index (κ1) is 23.5. The standard InChI is InChI=1S/C21H29N3O5S/c1-7-27-15-10-14(11-16(28-8-2)17(15)29-9-3)19(25)23-24-20(26)18-13(6)22-21(30-18)12(4)5/h10-12H,7-9H2,1-6H3,(H,23,25)(H,24,26). The zero-order chi connectivity index (χ0) is 22.3. The number of hydrazine groups is 1. The van der Waals surface area contributed by atoms with Gasteiger partial charge in [0.05, 0.1) is 30.5 Å². The minimum absolute atomic E-state index is 0.225. The molecule has 0 saturated carbocycles. The second-order valence-electron chi connectivity index (χ2n) is 6.63. The van der Waals surface area contributed by atoms with Crippen LogP contribution in [0.2, 0.25) is 0 Å². The maximum Gasteiger partial charge on any atom is 0.281 e. The van der Waals surface area contributed by atoms with Crippen LogP contribution >= 0.6 is 11.3 Å². The quantitative estimate of drug-likeness (QED) is 0.581. The van der Waals surface area contributed by atoms with Gasteiger partial charge < -0.3 is 14.2 Å². The summed E-state index contributed by atoms with van der Waals surface area (Å²) in [5.41, 5.74) is 5.80. The van der Waals surface area contributed by atoms with Crippen LogP contribution in [-0.2, 0) is 0 Å². The molecule has 2 amide bonds. The zero-order valence-corrected chi connectivity index (χ0v) is 19.1. The lowest BCUT2D eigenvalue weighted by Crippen LogP contribution is -2.41. The first-order chi connectivity index (χ1) is 14.3. The van der Waals surface area contributed by atoms with Crippen LogP contribution in [0.15, 0.2) is 12.1 Å². The fraction of sp³-hybridized carbons (Fsp3) is 0.476. The van der Waals surface area contributed by atoms with E-state index in [0.29, 0.717) is 47.6 Å². The molecule has 0 aliphatic carbocycles. The van der Waals surface area contributed by atoms with E-state index in [1.807, 2.05) is 34.6 Å². The number of ether oxygens (including phenoxy) is 3. The molecule has 9 heteroatoms. The van der Waals surface area contributed by atoms with Crippen molar-refractivity contribution in [2.24, 2.45) is 0 Å². The molecule has 0 bridgehead atoms. The van der Waals surface area contributed by atoms with Crippen LogP contribution in [-0.4, -0.2) is 36.6 Å². The molecule has 0 fully saturated rings. The van der Waals surface area contributed by atoms with Gasteiger partial charge in [0.2, 0.25) is 5.75 Å². The molecular formula is C21H29N3O5S. The number of benzene rings is 1. The highest BCUT2D eigenvalue weighted by Crippen LogP contribution is 2.39. The van der Waals surface area contributed by atoms with Crippen LogP contribution in [0.1, 0.15) is 71.3 Å². The summed E-state index contributed by atoms with van der Waals surface area (Å²) in [5.74, 6) is 0.570. The van der Waals surface area contributed by atoms with Crippen molar-refractivity contribution in [2.75, 3.05) is 19.8 Å². The molecule has 1 aromatic carbocycles. The Morgan fingerprint density at radius 2 is 1.50 bits per heavy atom. The Labute approximate surface area is 180 Å². The van der Waals surface area contributed by atoms with Crippen molar-refractivity contribution >= 4 is 23.2 Å². The van der Waals surface area contributed by atoms with Gasteiger partial charge in [-0.25, -0.2) is 4.98 Å². The van der Waals surface area contributed by atoms with Crippen molar-refractivity contribution in [1.29, 1.82) is 0 Å². The lowest BCUT2D eigenvalue weighted by atomic mass is 10.1. The smallest absolute Gasteiger partial charge is 0.281 e. The molecule has 1 heterocycles. The Morgan fingerprint density at radius 3 is 1.97 bits per heavy atom. The number of aromatic nitrogens is 1. The predicted molar refractivity (Wildman–Crippen MR) is 116 cm³/mol. The molecule has 1 aromatic heterocycles. The average molecular weight is 436 g/mol. The molecule has 30 heavy (non-hydrogen) atoms. The van der Waals surface area contributed by atoms with Gasteiger partial charge in [-0.3, -0.25) is 20.4 Å². The number of thiazole rings is 1. The minimum atomic E-state index is -0.500. The van der Waals surface area contributed by atoms with Crippen molar-refractivity contribution in [1.82, 2.24) is 15.8 Å². The summed E-state index contributed by atoms with van der Waals surface area (Å²) in [5, 5.41) is 0.873. The van der Waals surface area contributed by atoms with Crippen LogP contribution in [0, 0.1) is 6.92 Å². The second-order valence-corrected chi connectivity index (χ2v) is 7.66. The molecule has 0 aliphatic heterocycles. The molecule has 0 atom stereocenters. The first-order valence-electron chi connectivity index (χ1n) is 9.96. The van der Waals surface area contributed by atoms with Gasteiger partial charge in [-0.2, -0.15) is 0 Å². The van der Waals surface area contributed by atoms with E-state index in [4.69, 9.17) is 14.2 Å². The van der Waals surface area contributed by atoms with Gasteiger partial charge in [0.25, 0.3) is 11.8 Å². The van der Waals surface area contributed by atoms with Crippen LogP contribution in [0.4, 0.5) is 0 Å². The molecular weight excluding hydrogens is 406 g/mol. The number of nitrogens with one attached hydrogen (secondary N) is 2. The number of amides is 2. The van der Waals surface area contributed by atoms with Crippen LogP contribution < -0.4 is 25.1 Å². The Hall–Kier alpha value is -2.81. The van der Waals surface area contributed by atoms with Crippen LogP contribution in [0.5, 0.6) is 17.2 Å². The van der Waals surface area contributed by atoms with Crippen molar-refractivity contribution in [3.05, 3.63) is 33.3 Å². The Morgan fingerprint density at radius 1 is 0.967 bits per heavy atom. The van der Waals surface area contributed by atoms with Gasteiger partial charge in [0.1, 0.15) is 4.88 Å². The third-order valence-corrected chi connectivity index (χ3v) is 5.43. The molecule has 0 radical (unpaired) electrons. The van der Waals surface area contributed by atoms with Crippen molar-refractivity contribution in [3.8, 4) is 17.2 Å². The summed E-state index contributed by atoms with van der Waals surface area (Å²) in [6, 6.07) is 3.13. The SMILES string of the molecule is CCOc1cc(C(=O)NNC(=O)c2sc(C(C)C)nc2C)cc(OCC)c1OCC. The first-order valence-corrected chi connectivity index (χ1v) is 10.8. The minimum Gasteiger partial charge on any atom is -0.490 e. The number of aryl methyl sites for hydroxylation is 1. The Bertz CT molecular complexity index is 868. The monoisotopic (exact) mass is 435 g/mol. The fourth-order valence-electron chi connectivity index (χ4n) is 2.64. The summed E-state index contributed by atoms with van der Waals surface area (Å²) in [6.45, 7) is 12.6. The van der Waals surface area contributed by atoms with Gasteiger partial charge >= 0.3 is 0 Å². The molecule has 0 aliphatic rings. The highest BCUT2D eigenvalue weighted by molar-refractivity contribution is 7.13. The summed E-state index contributed by atoms with van der Waals surface area (Å²) in [6.07, 6.45) is 0. The Balaban J connectivity index is 2.20. The van der Waals surface area contributed by atoms with Gasteiger partial charge in [0, 0.05) is 11.5 Å². The number of carbonyl (C=O) groups excluding carboxylic acids is 2. The molecule has 0 spiro atoms. The van der Waals surface area contributed by atoms with E-state index in [-0.39, 0.29) is 11.5 Å². The van der Waals surface area contributed by atoms with Gasteiger partial charge in [0.15, 0.2) is 11.5 Å². The van der Waals surface area contributed by atoms with Crippen LogP contribution in [0.3, 0.4) is 0 Å². The van der Waals surface area contributed by atoms with E-state index in [2.05, 4.69) is 15.8 Å². The highest BCUT2D eigenvalue weighted by Gasteiger charge is 2.20. The Kier molecular flexibility index (Phi) is 8.46. The zero-order valence-electron chi connectivity index (χ0n) is 18.3. The molecule has 0 saturated heterocycles. The third-order valence-electron chi connectivity index (χ3n) is 3.97. The van der Waals surface area contributed by atoms with E-state index >= 15 is 0 Å². The topological polar surface area (TPSA) is 98.8 Å². The number of hydrogen-bond donors (Lipinski definition) is 2. The van der Waals surface area contributed by atoms with Crippen molar-refractivity contribution in [3.63, 3.8) is 0 Å². The normalized spacial score (nSPS) is 10.6. The maximum absolute atomic E-state index is 12.7. The van der Waals surface area contributed by atoms with Crippen molar-refractivity contribution < 1.29 is 23.8 Å². The van der Waals surface area contributed by atoms with Gasteiger partial charge in [-0.05, 0) is 39.8 Å². The third kappa shape index (κ3) is 5.63. The average Bonchev–Trinajstić information content (AvgIpc) is 3.10. The van der Waals surface area contributed by atoms with E-state index in [1.165, 1.54) is 11.3 Å². The summed E-state index contributed by atoms with van der Waals surface area (Å²) >= 11 is 1.32. The van der Waals surface area contributed by atoms with Gasteiger partial charge in [-0.1, -0.05) is 13.8 Å². The lowest BCUT2D eigenvalue weighted by Gasteiger charge is -2.17. The molecule has 2 N–H and O–H groups in total. The second kappa shape index (κ2) is 10.8. The van der Waals surface area contributed by atoms with E-state index in [1.54, 1.807) is 19.1 Å². The van der Waals surface area contributed by atoms with E-state index < -0.39 is 11.8 Å². The largest absolute Gasteiger partial charge is 0.490 e. The van der Waals surface area contributed by atoms with E-state index in [0.717, 1.165) is 5.01 Å². The number of nitrogens with zero attached hydrogens (tertiary/aromatic N) is 1. The number of rotatable bonds is 9. The fourth-order valence-corrected chi connectivity index (χ4v) is 3.60. The van der Waals surface area contributed by atoms with Crippen molar-refractivity contribution in [2.45, 2.75) is 47.5 Å². The molecule has 8 nitrogen and oxygen atoms in total.